The van der Waals surface area contributed by atoms with E-state index in [1.54, 1.807) is 34.0 Å². The van der Waals surface area contributed by atoms with Crippen molar-refractivity contribution < 1.29 is 52.7 Å². The van der Waals surface area contributed by atoms with Crippen LogP contribution in [0.3, 0.4) is 0 Å². The molecule has 5 rings (SSSR count). The van der Waals surface area contributed by atoms with Gasteiger partial charge in [0, 0.05) is 12.0 Å². The molecular weight excluding hydrogens is 622 g/mol. The Labute approximate surface area is 281 Å². The number of rotatable bonds is 11. The summed E-state index contributed by atoms with van der Waals surface area (Å²) < 4.78 is 34.1. The Morgan fingerprint density at radius 3 is 2.52 bits per heavy atom. The van der Waals surface area contributed by atoms with E-state index >= 15 is 0 Å². The van der Waals surface area contributed by atoms with Gasteiger partial charge < -0.3 is 38.8 Å². The third kappa shape index (κ3) is 6.47. The van der Waals surface area contributed by atoms with Crippen LogP contribution in [0.5, 0.6) is 11.5 Å². The van der Waals surface area contributed by atoms with Crippen molar-refractivity contribution in [3.63, 3.8) is 0 Å². The van der Waals surface area contributed by atoms with Crippen LogP contribution in [0, 0.1) is 17.8 Å². The highest BCUT2D eigenvalue weighted by Crippen LogP contribution is 2.68. The lowest BCUT2D eigenvalue weighted by molar-refractivity contribution is -0.177. The quantitative estimate of drug-likeness (QED) is 0.249. The molecule has 4 aliphatic rings. The van der Waals surface area contributed by atoms with Crippen LogP contribution in [0.15, 0.2) is 24.0 Å². The number of nitrogens with one attached hydrogen (secondary N) is 1. The fourth-order valence-electron chi connectivity index (χ4n) is 7.76. The molecule has 7 atom stereocenters. The van der Waals surface area contributed by atoms with Crippen molar-refractivity contribution >= 4 is 24.0 Å². The van der Waals surface area contributed by atoms with E-state index in [1.165, 1.54) is 6.92 Å². The standard InChI is InChI=1S/C36H49NO11/c1-19(2)18-44-27(38)12-10-24(37-33(41)48-34(5,6)7)32(40)45-21(4)31(39)46-26-14-16-36(42)23-17-22-9-11-25(43-8)29-28(22)35(36,30(26)47-29)15-13-20(23)3/h9,11,14,19-21,23-24,30,42H,10,12-13,15-18H2,1-8H3,(H,37,41)/t20?,21-,23-,24-,30-,35-,36+/m0/s1. The smallest absolute Gasteiger partial charge is 0.408 e. The lowest BCUT2D eigenvalue weighted by Gasteiger charge is -2.61. The summed E-state index contributed by atoms with van der Waals surface area (Å²) in [5.74, 6) is -0.588. The first-order valence-corrected chi connectivity index (χ1v) is 16.9. The minimum atomic E-state index is -1.38. The molecule has 12 nitrogen and oxygen atoms in total. The summed E-state index contributed by atoms with van der Waals surface area (Å²) in [5.41, 5.74) is -0.765. The summed E-state index contributed by atoms with van der Waals surface area (Å²) in [5, 5.41) is 14.9. The lowest BCUT2D eigenvalue weighted by atomic mass is 9.45. The second-order valence-electron chi connectivity index (χ2n) is 15.0. The monoisotopic (exact) mass is 671 g/mol. The van der Waals surface area contributed by atoms with Crippen molar-refractivity contribution in [3.8, 4) is 11.5 Å². The first-order chi connectivity index (χ1) is 22.5. The number of hydrogen-bond acceptors (Lipinski definition) is 11. The van der Waals surface area contributed by atoms with Crippen LogP contribution >= 0.6 is 0 Å². The molecule has 0 saturated heterocycles. The molecule has 1 unspecified atom stereocenters. The van der Waals surface area contributed by atoms with Crippen LogP contribution in [0.4, 0.5) is 4.79 Å². The Bertz CT molecular complexity index is 1480. The number of hydrogen-bond donors (Lipinski definition) is 2. The second kappa shape index (κ2) is 13.2. The number of benzene rings is 1. The molecule has 2 N–H and O–H groups in total. The number of alkyl carbamates (subject to hydrolysis) is 1. The SMILES string of the molecule is COc1ccc2c3c1O[C@H]1C(OC(=O)[C@H](C)OC(=O)[C@H](CCC(=O)OCC(C)C)NC(=O)OC(C)(C)C)=CC[C@@]4(O)[C@@H](C2)C(C)CC[C@]314. The molecule has 264 valence electrons. The van der Waals surface area contributed by atoms with E-state index in [4.69, 9.17) is 28.4 Å². The first kappa shape index (κ1) is 35.5. The highest BCUT2D eigenvalue weighted by molar-refractivity contribution is 5.85. The van der Waals surface area contributed by atoms with Gasteiger partial charge in [0.25, 0.3) is 0 Å². The molecule has 0 radical (unpaired) electrons. The molecule has 1 saturated carbocycles. The fourth-order valence-corrected chi connectivity index (χ4v) is 7.76. The van der Waals surface area contributed by atoms with Gasteiger partial charge in [0.2, 0.25) is 0 Å². The zero-order valence-electron chi connectivity index (χ0n) is 29.2. The Hall–Kier alpha value is -3.80. The van der Waals surface area contributed by atoms with Crippen molar-refractivity contribution in [2.24, 2.45) is 17.8 Å². The minimum Gasteiger partial charge on any atom is -0.493 e. The van der Waals surface area contributed by atoms with Gasteiger partial charge in [-0.15, -0.1) is 0 Å². The zero-order valence-corrected chi connectivity index (χ0v) is 29.2. The highest BCUT2D eigenvalue weighted by atomic mass is 16.6. The summed E-state index contributed by atoms with van der Waals surface area (Å²) in [4.78, 5) is 51.6. The summed E-state index contributed by atoms with van der Waals surface area (Å²) in [6.07, 6.45) is 0.827. The zero-order chi connectivity index (χ0) is 35.2. The van der Waals surface area contributed by atoms with Crippen molar-refractivity contribution in [1.29, 1.82) is 0 Å². The molecule has 2 bridgehead atoms. The average molecular weight is 672 g/mol. The van der Waals surface area contributed by atoms with Gasteiger partial charge in [-0.25, -0.2) is 14.4 Å². The largest absolute Gasteiger partial charge is 0.493 e. The van der Waals surface area contributed by atoms with Crippen molar-refractivity contribution in [3.05, 3.63) is 35.1 Å². The van der Waals surface area contributed by atoms with Crippen molar-refractivity contribution in [1.82, 2.24) is 5.32 Å². The molecule has 3 aliphatic carbocycles. The minimum absolute atomic E-state index is 0.00497. The van der Waals surface area contributed by atoms with Gasteiger partial charge in [0.15, 0.2) is 23.7 Å². The number of methoxy groups -OCH3 is 1. The maximum atomic E-state index is 13.5. The van der Waals surface area contributed by atoms with Crippen molar-refractivity contribution in [2.75, 3.05) is 13.7 Å². The van der Waals surface area contributed by atoms with Crippen LogP contribution in [0.25, 0.3) is 0 Å². The van der Waals surface area contributed by atoms with Gasteiger partial charge in [0.05, 0.1) is 24.7 Å². The third-order valence-electron chi connectivity index (χ3n) is 9.97. The number of esters is 3. The summed E-state index contributed by atoms with van der Waals surface area (Å²) in [7, 11) is 1.56. The Morgan fingerprint density at radius 1 is 1.12 bits per heavy atom. The average Bonchev–Trinajstić information content (AvgIpc) is 3.36. The number of carbonyl (C=O) groups is 4. The Kier molecular flexibility index (Phi) is 9.80. The van der Waals surface area contributed by atoms with E-state index in [1.807, 2.05) is 26.0 Å². The van der Waals surface area contributed by atoms with Gasteiger partial charge in [-0.2, -0.15) is 0 Å². The predicted molar refractivity (Wildman–Crippen MR) is 172 cm³/mol. The number of amides is 1. The van der Waals surface area contributed by atoms with E-state index in [2.05, 4.69) is 12.2 Å². The normalized spacial score (nSPS) is 27.8. The van der Waals surface area contributed by atoms with Gasteiger partial charge in [-0.05, 0) is 95.3 Å². The van der Waals surface area contributed by atoms with Crippen LogP contribution in [0.2, 0.25) is 0 Å². The molecule has 1 amide bonds. The first-order valence-electron chi connectivity index (χ1n) is 16.9. The third-order valence-corrected chi connectivity index (χ3v) is 9.97. The van der Waals surface area contributed by atoms with Crippen LogP contribution in [0.1, 0.15) is 91.7 Å². The maximum Gasteiger partial charge on any atom is 0.408 e. The van der Waals surface area contributed by atoms with E-state index in [-0.39, 0.29) is 49.4 Å². The van der Waals surface area contributed by atoms with Gasteiger partial charge >= 0.3 is 24.0 Å². The maximum absolute atomic E-state index is 13.5. The molecule has 1 heterocycles. The van der Waals surface area contributed by atoms with E-state index in [0.29, 0.717) is 24.3 Å². The molecule has 0 aromatic heterocycles. The molecule has 1 aromatic rings. The lowest BCUT2D eigenvalue weighted by Crippen LogP contribution is -2.69. The molecule has 12 heteroatoms. The summed E-state index contributed by atoms with van der Waals surface area (Å²) in [6.45, 7) is 12.6. The van der Waals surface area contributed by atoms with Crippen LogP contribution in [-0.4, -0.2) is 72.3 Å². The van der Waals surface area contributed by atoms with Crippen LogP contribution in [-0.2, 0) is 45.2 Å². The Morgan fingerprint density at radius 2 is 1.85 bits per heavy atom. The Balaban J connectivity index is 1.32. The van der Waals surface area contributed by atoms with Gasteiger partial charge in [-0.1, -0.05) is 26.8 Å². The van der Waals surface area contributed by atoms with Gasteiger partial charge in [0.1, 0.15) is 17.4 Å². The van der Waals surface area contributed by atoms with Gasteiger partial charge in [-0.3, -0.25) is 4.79 Å². The second-order valence-corrected chi connectivity index (χ2v) is 15.0. The van der Waals surface area contributed by atoms with E-state index in [0.717, 1.165) is 17.5 Å². The fraction of sp³-hybridized carbons (Fsp3) is 0.667. The van der Waals surface area contributed by atoms with E-state index < -0.39 is 58.9 Å². The summed E-state index contributed by atoms with van der Waals surface area (Å²) in [6, 6.07) is 2.61. The van der Waals surface area contributed by atoms with Crippen molar-refractivity contribution in [2.45, 2.75) is 122 Å². The van der Waals surface area contributed by atoms with Crippen LogP contribution < -0.4 is 14.8 Å². The molecule has 1 fully saturated rings. The highest BCUT2D eigenvalue weighted by Gasteiger charge is 2.72. The van der Waals surface area contributed by atoms with E-state index in [9.17, 15) is 24.3 Å². The summed E-state index contributed by atoms with van der Waals surface area (Å²) >= 11 is 0. The molecule has 1 aromatic carbocycles. The molecular formula is C36H49NO11. The number of carbonyl (C=O) groups excluding carboxylic acids is 4. The number of ether oxygens (including phenoxy) is 6. The predicted octanol–water partition coefficient (Wildman–Crippen LogP) is 4.66. The molecule has 1 spiro atoms. The number of aliphatic hydroxyl groups is 1. The molecule has 48 heavy (non-hydrogen) atoms. The topological polar surface area (TPSA) is 156 Å². The molecule has 1 aliphatic heterocycles.